The number of hydrogen-bond donors (Lipinski definition) is 0. The summed E-state index contributed by atoms with van der Waals surface area (Å²) in [6.07, 6.45) is 3.44. The number of aromatic nitrogens is 4. The van der Waals surface area contributed by atoms with Crippen LogP contribution in [-0.2, 0) is 6.42 Å². The highest BCUT2D eigenvalue weighted by molar-refractivity contribution is 6.24. The van der Waals surface area contributed by atoms with E-state index in [1.165, 1.54) is 29.2 Å². The van der Waals surface area contributed by atoms with Crippen LogP contribution in [0, 0.1) is 0 Å². The van der Waals surface area contributed by atoms with Crippen LogP contribution in [0.5, 0.6) is 0 Å². The summed E-state index contributed by atoms with van der Waals surface area (Å²) in [5, 5.41) is 4.64. The molecule has 0 spiro atoms. The molecule has 0 aliphatic heterocycles. The molecule has 0 saturated carbocycles. The highest BCUT2D eigenvalue weighted by Gasteiger charge is 2.19. The van der Waals surface area contributed by atoms with Crippen LogP contribution in [0.15, 0.2) is 144 Å². The lowest BCUT2D eigenvalue weighted by Crippen LogP contribution is -2.01. The predicted molar refractivity (Wildman–Crippen MR) is 196 cm³/mol. The third-order valence-electron chi connectivity index (χ3n) is 9.26. The lowest BCUT2D eigenvalue weighted by atomic mass is 10.1. The minimum absolute atomic E-state index is 0.644. The number of hydrogen-bond acceptors (Lipinski definition) is 4. The predicted octanol–water partition coefficient (Wildman–Crippen LogP) is 11.2. The number of nitrogens with zero attached hydrogens (tertiary/aromatic N) is 4. The fourth-order valence-corrected chi connectivity index (χ4v) is 6.84. The fourth-order valence-electron chi connectivity index (χ4n) is 6.84. The molecule has 5 nitrogen and oxygen atoms in total. The van der Waals surface area contributed by atoms with Crippen LogP contribution >= 0.6 is 0 Å². The molecule has 3 aromatic heterocycles. The molecule has 5 heteroatoms. The molecular formula is C43H32N4O. The lowest BCUT2D eigenvalue weighted by Gasteiger charge is -2.11. The molecule has 0 aliphatic rings. The van der Waals surface area contributed by atoms with Crippen molar-refractivity contribution in [2.45, 2.75) is 26.2 Å². The Morgan fingerprint density at radius 1 is 0.521 bits per heavy atom. The SMILES string of the molecule is CCCCc1ccc(-c2nc(-c3ccccc3)nc(-c3ccc(-n4c5ccccc5c5ccc6oc7ccccc7c6c54)cc3)n2)cc1. The first-order valence-corrected chi connectivity index (χ1v) is 16.6. The minimum atomic E-state index is 0.644. The maximum atomic E-state index is 6.31. The van der Waals surface area contributed by atoms with Crippen molar-refractivity contribution in [3.8, 4) is 39.9 Å². The number of unbranched alkanes of at least 4 members (excludes halogenated alkanes) is 1. The molecule has 0 bridgehead atoms. The Kier molecular flexibility index (Phi) is 6.82. The van der Waals surface area contributed by atoms with Crippen molar-refractivity contribution < 1.29 is 4.42 Å². The summed E-state index contributed by atoms with van der Waals surface area (Å²) in [5.41, 5.74) is 9.32. The van der Waals surface area contributed by atoms with E-state index < -0.39 is 0 Å². The Bertz CT molecular complexity index is 2580. The molecule has 9 aromatic rings. The van der Waals surface area contributed by atoms with E-state index in [2.05, 4.69) is 109 Å². The second-order valence-electron chi connectivity index (χ2n) is 12.3. The highest BCUT2D eigenvalue weighted by Crippen LogP contribution is 2.41. The Morgan fingerprint density at radius 2 is 1.12 bits per heavy atom. The van der Waals surface area contributed by atoms with E-state index in [4.69, 9.17) is 19.4 Å². The average molecular weight is 621 g/mol. The van der Waals surface area contributed by atoms with Crippen molar-refractivity contribution in [2.75, 3.05) is 0 Å². The van der Waals surface area contributed by atoms with E-state index in [0.29, 0.717) is 17.5 Å². The molecule has 0 aliphatic carbocycles. The largest absolute Gasteiger partial charge is 0.456 e. The first kappa shape index (κ1) is 28.2. The van der Waals surface area contributed by atoms with Gasteiger partial charge >= 0.3 is 0 Å². The number of para-hydroxylation sites is 2. The van der Waals surface area contributed by atoms with Crippen LogP contribution in [-0.4, -0.2) is 19.5 Å². The van der Waals surface area contributed by atoms with Gasteiger partial charge in [-0.2, -0.15) is 0 Å². The van der Waals surface area contributed by atoms with E-state index in [-0.39, 0.29) is 0 Å². The van der Waals surface area contributed by atoms with Crippen molar-refractivity contribution in [3.05, 3.63) is 145 Å². The van der Waals surface area contributed by atoms with Crippen LogP contribution in [0.25, 0.3) is 83.6 Å². The van der Waals surface area contributed by atoms with Crippen LogP contribution in [0.3, 0.4) is 0 Å². The molecule has 0 unspecified atom stereocenters. The maximum Gasteiger partial charge on any atom is 0.164 e. The highest BCUT2D eigenvalue weighted by atomic mass is 16.3. The van der Waals surface area contributed by atoms with Crippen molar-refractivity contribution >= 4 is 43.7 Å². The van der Waals surface area contributed by atoms with Crippen LogP contribution < -0.4 is 0 Å². The van der Waals surface area contributed by atoms with Crippen LogP contribution in [0.2, 0.25) is 0 Å². The maximum absolute atomic E-state index is 6.31. The van der Waals surface area contributed by atoms with Gasteiger partial charge in [-0.15, -0.1) is 0 Å². The fraction of sp³-hybridized carbons (Fsp3) is 0.0930. The third-order valence-corrected chi connectivity index (χ3v) is 9.26. The molecule has 0 amide bonds. The molecule has 3 heterocycles. The lowest BCUT2D eigenvalue weighted by molar-refractivity contribution is 0.669. The molecule has 9 rings (SSSR count). The molecule has 6 aromatic carbocycles. The van der Waals surface area contributed by atoms with Crippen molar-refractivity contribution in [1.82, 2.24) is 19.5 Å². The van der Waals surface area contributed by atoms with Gasteiger partial charge in [0.25, 0.3) is 0 Å². The minimum Gasteiger partial charge on any atom is -0.456 e. The summed E-state index contributed by atoms with van der Waals surface area (Å²) in [6.45, 7) is 2.22. The molecule has 0 radical (unpaired) electrons. The number of fused-ring (bicyclic) bond motifs is 7. The molecule has 0 N–H and O–H groups in total. The summed E-state index contributed by atoms with van der Waals surface area (Å²) in [4.78, 5) is 14.9. The Balaban J connectivity index is 1.19. The molecule has 0 fully saturated rings. The quantitative estimate of drug-likeness (QED) is 0.178. The van der Waals surface area contributed by atoms with Gasteiger partial charge in [0.15, 0.2) is 17.5 Å². The summed E-state index contributed by atoms with van der Waals surface area (Å²) in [7, 11) is 0. The number of benzene rings is 6. The Hall–Kier alpha value is -6.07. The van der Waals surface area contributed by atoms with Gasteiger partial charge in [-0.1, -0.05) is 104 Å². The van der Waals surface area contributed by atoms with E-state index in [1.54, 1.807) is 0 Å². The van der Waals surface area contributed by atoms with Crippen molar-refractivity contribution in [2.24, 2.45) is 0 Å². The van der Waals surface area contributed by atoms with E-state index in [1.807, 2.05) is 42.5 Å². The van der Waals surface area contributed by atoms with E-state index >= 15 is 0 Å². The monoisotopic (exact) mass is 620 g/mol. The zero-order valence-electron chi connectivity index (χ0n) is 26.6. The van der Waals surface area contributed by atoms with Crippen LogP contribution in [0.1, 0.15) is 25.3 Å². The number of furan rings is 1. The summed E-state index contributed by atoms with van der Waals surface area (Å²) in [5.74, 6) is 1.97. The Morgan fingerprint density at radius 3 is 1.83 bits per heavy atom. The zero-order chi connectivity index (χ0) is 32.0. The van der Waals surface area contributed by atoms with Gasteiger partial charge in [-0.05, 0) is 66.9 Å². The van der Waals surface area contributed by atoms with Gasteiger partial charge in [-0.25, -0.2) is 15.0 Å². The van der Waals surface area contributed by atoms with Crippen molar-refractivity contribution in [3.63, 3.8) is 0 Å². The first-order valence-electron chi connectivity index (χ1n) is 16.6. The smallest absolute Gasteiger partial charge is 0.164 e. The second-order valence-corrected chi connectivity index (χ2v) is 12.3. The Labute approximate surface area is 278 Å². The van der Waals surface area contributed by atoms with Crippen molar-refractivity contribution in [1.29, 1.82) is 0 Å². The van der Waals surface area contributed by atoms with Gasteiger partial charge in [0.1, 0.15) is 11.2 Å². The normalized spacial score (nSPS) is 11.7. The number of rotatable bonds is 7. The third kappa shape index (κ3) is 4.75. The first-order chi connectivity index (χ1) is 23.7. The van der Waals surface area contributed by atoms with Gasteiger partial charge in [-0.3, -0.25) is 0 Å². The van der Waals surface area contributed by atoms with Gasteiger partial charge in [0, 0.05) is 38.5 Å². The van der Waals surface area contributed by atoms with Gasteiger partial charge < -0.3 is 8.98 Å². The molecular weight excluding hydrogens is 589 g/mol. The molecule has 0 saturated heterocycles. The van der Waals surface area contributed by atoms with E-state index in [0.717, 1.165) is 61.8 Å². The summed E-state index contributed by atoms with van der Waals surface area (Å²) in [6, 6.07) is 48.5. The average Bonchev–Trinajstić information content (AvgIpc) is 3.70. The second kappa shape index (κ2) is 11.6. The zero-order valence-corrected chi connectivity index (χ0v) is 26.6. The summed E-state index contributed by atoms with van der Waals surface area (Å²) >= 11 is 0. The number of aryl methyl sites for hydroxylation is 1. The van der Waals surface area contributed by atoms with Gasteiger partial charge in [0.2, 0.25) is 0 Å². The van der Waals surface area contributed by atoms with Gasteiger partial charge in [0.05, 0.1) is 16.4 Å². The molecule has 230 valence electrons. The summed E-state index contributed by atoms with van der Waals surface area (Å²) < 4.78 is 8.66. The molecule has 0 atom stereocenters. The standard InChI is InChI=1S/C43H32N4O/c1-2-3-11-28-18-20-30(21-19-28)42-44-41(29-12-5-4-6-13-29)45-43(46-42)31-22-24-32(25-23-31)47-36-16-9-7-14-33(36)34-26-27-38-39(40(34)47)35-15-8-10-17-37(35)48-38/h4-10,12-27H,2-3,11H2,1H3. The topological polar surface area (TPSA) is 56.7 Å². The molecule has 48 heavy (non-hydrogen) atoms. The van der Waals surface area contributed by atoms with Crippen LogP contribution in [0.4, 0.5) is 0 Å². The van der Waals surface area contributed by atoms with E-state index in [9.17, 15) is 0 Å².